The monoisotopic (exact) mass is 246 g/mol. The lowest BCUT2D eigenvalue weighted by Crippen LogP contribution is -2.31. The lowest BCUT2D eigenvalue weighted by Gasteiger charge is -2.30. The molecule has 1 aromatic rings. The highest BCUT2D eigenvalue weighted by atomic mass is 16.5. The Bertz CT molecular complexity index is 466. The van der Waals surface area contributed by atoms with E-state index in [1.54, 1.807) is 14.2 Å². The summed E-state index contributed by atoms with van der Waals surface area (Å²) < 4.78 is 10.7. The number of hydrogen-bond acceptors (Lipinski definition) is 3. The fourth-order valence-corrected chi connectivity index (χ4v) is 2.39. The van der Waals surface area contributed by atoms with E-state index in [1.807, 2.05) is 6.07 Å². The second-order valence-corrected chi connectivity index (χ2v) is 4.31. The topological polar surface area (TPSA) is 26.1 Å². The second kappa shape index (κ2) is 5.63. The van der Waals surface area contributed by atoms with Gasteiger partial charge >= 0.3 is 0 Å². The van der Waals surface area contributed by atoms with Crippen molar-refractivity contribution in [2.75, 3.05) is 38.8 Å². The van der Waals surface area contributed by atoms with Crippen molar-refractivity contribution in [2.45, 2.75) is 12.8 Å². The zero-order valence-electron chi connectivity index (χ0n) is 10.9. The van der Waals surface area contributed by atoms with Gasteiger partial charge in [0.2, 0.25) is 6.54 Å². The van der Waals surface area contributed by atoms with E-state index < -0.39 is 0 Å². The number of methoxy groups -OCH3 is 2. The van der Waals surface area contributed by atoms with Gasteiger partial charge in [-0.25, -0.2) is 6.57 Å². The van der Waals surface area contributed by atoms with Crippen molar-refractivity contribution in [3.8, 4) is 11.5 Å². The molecule has 0 amide bonds. The maximum Gasteiger partial charge on any atom is 0.231 e. The van der Waals surface area contributed by atoms with Crippen LogP contribution in [0, 0.1) is 6.57 Å². The molecule has 1 aliphatic rings. The first-order chi connectivity index (χ1) is 8.80. The van der Waals surface area contributed by atoms with Gasteiger partial charge in [-0.3, -0.25) is 0 Å². The molecule has 1 heterocycles. The molecular formula is C14H18N2O2. The van der Waals surface area contributed by atoms with Crippen LogP contribution in [0.4, 0.5) is 5.69 Å². The molecule has 0 saturated heterocycles. The van der Waals surface area contributed by atoms with E-state index in [0.717, 1.165) is 37.4 Å². The molecule has 0 bridgehead atoms. The van der Waals surface area contributed by atoms with Gasteiger partial charge in [0.25, 0.3) is 0 Å². The highest BCUT2D eigenvalue weighted by molar-refractivity contribution is 5.63. The molecule has 0 N–H and O–H groups in total. The number of anilines is 1. The van der Waals surface area contributed by atoms with E-state index in [0.29, 0.717) is 6.54 Å². The van der Waals surface area contributed by atoms with Crippen LogP contribution in [0.25, 0.3) is 4.85 Å². The van der Waals surface area contributed by atoms with E-state index in [-0.39, 0.29) is 0 Å². The number of fused-ring (bicyclic) bond motifs is 1. The highest BCUT2D eigenvalue weighted by Gasteiger charge is 2.20. The van der Waals surface area contributed by atoms with Crippen molar-refractivity contribution in [1.82, 2.24) is 0 Å². The normalized spacial score (nSPS) is 13.7. The van der Waals surface area contributed by atoms with Gasteiger partial charge in [-0.2, -0.15) is 0 Å². The molecule has 2 rings (SSSR count). The third kappa shape index (κ3) is 2.35. The average molecular weight is 246 g/mol. The molecule has 0 unspecified atom stereocenters. The van der Waals surface area contributed by atoms with Crippen molar-refractivity contribution in [3.63, 3.8) is 0 Å². The lowest BCUT2D eigenvalue weighted by atomic mass is 10.0. The van der Waals surface area contributed by atoms with Gasteiger partial charge < -0.3 is 19.2 Å². The molecular weight excluding hydrogens is 228 g/mol. The minimum absolute atomic E-state index is 0.536. The van der Waals surface area contributed by atoms with Crippen LogP contribution in [0.2, 0.25) is 0 Å². The Morgan fingerprint density at radius 2 is 2.00 bits per heavy atom. The highest BCUT2D eigenvalue weighted by Crippen LogP contribution is 2.37. The minimum Gasteiger partial charge on any atom is -0.493 e. The van der Waals surface area contributed by atoms with E-state index in [4.69, 9.17) is 16.0 Å². The van der Waals surface area contributed by atoms with Gasteiger partial charge in [0.1, 0.15) is 0 Å². The van der Waals surface area contributed by atoms with Crippen molar-refractivity contribution in [2.24, 2.45) is 0 Å². The summed E-state index contributed by atoms with van der Waals surface area (Å²) in [4.78, 5) is 5.69. The molecule has 0 atom stereocenters. The summed E-state index contributed by atoms with van der Waals surface area (Å²) in [6, 6.07) is 4.08. The Morgan fingerprint density at radius 1 is 1.28 bits per heavy atom. The molecule has 1 aromatic carbocycles. The minimum atomic E-state index is 0.536. The van der Waals surface area contributed by atoms with Crippen LogP contribution in [0.1, 0.15) is 12.0 Å². The van der Waals surface area contributed by atoms with E-state index >= 15 is 0 Å². The number of nitrogens with zero attached hydrogens (tertiary/aromatic N) is 2. The SMILES string of the molecule is [C-]#[N+]CCN1CCCc2cc(OC)c(OC)cc21. The summed E-state index contributed by atoms with van der Waals surface area (Å²) in [6.45, 7) is 9.23. The number of benzene rings is 1. The molecule has 4 heteroatoms. The van der Waals surface area contributed by atoms with Gasteiger partial charge in [-0.05, 0) is 24.5 Å². The zero-order valence-corrected chi connectivity index (χ0v) is 10.9. The first-order valence-electron chi connectivity index (χ1n) is 6.13. The Kier molecular flexibility index (Phi) is 3.93. The standard InChI is InChI=1S/C14H18N2O2/c1-15-6-8-16-7-4-5-11-9-13(17-2)14(18-3)10-12(11)16/h9-10H,4-8H2,2-3H3. The number of aryl methyl sites for hydroxylation is 1. The molecule has 0 radical (unpaired) electrons. The van der Waals surface area contributed by atoms with E-state index in [9.17, 15) is 0 Å². The summed E-state index contributed by atoms with van der Waals surface area (Å²) in [5, 5.41) is 0. The number of rotatable bonds is 4. The Labute approximate surface area is 108 Å². The van der Waals surface area contributed by atoms with Crippen molar-refractivity contribution in [3.05, 3.63) is 29.1 Å². The molecule has 0 saturated carbocycles. The van der Waals surface area contributed by atoms with Gasteiger partial charge in [-0.1, -0.05) is 0 Å². The van der Waals surface area contributed by atoms with Crippen LogP contribution in [0.5, 0.6) is 11.5 Å². The van der Waals surface area contributed by atoms with E-state index in [2.05, 4.69) is 15.8 Å². The predicted octanol–water partition coefficient (Wildman–Crippen LogP) is 2.38. The summed E-state index contributed by atoms with van der Waals surface area (Å²) in [7, 11) is 3.31. The molecule has 0 fully saturated rings. The summed E-state index contributed by atoms with van der Waals surface area (Å²) >= 11 is 0. The third-order valence-corrected chi connectivity index (χ3v) is 3.28. The maximum absolute atomic E-state index is 6.90. The third-order valence-electron chi connectivity index (χ3n) is 3.28. The van der Waals surface area contributed by atoms with Crippen molar-refractivity contribution >= 4 is 5.69 Å². The lowest BCUT2D eigenvalue weighted by molar-refractivity contribution is 0.354. The first-order valence-corrected chi connectivity index (χ1v) is 6.13. The smallest absolute Gasteiger partial charge is 0.231 e. The summed E-state index contributed by atoms with van der Waals surface area (Å²) in [5.41, 5.74) is 2.46. The van der Waals surface area contributed by atoms with E-state index in [1.165, 1.54) is 11.3 Å². The number of hydrogen-bond donors (Lipinski definition) is 0. The fourth-order valence-electron chi connectivity index (χ4n) is 2.39. The molecule has 18 heavy (non-hydrogen) atoms. The fraction of sp³-hybridized carbons (Fsp3) is 0.500. The Balaban J connectivity index is 2.34. The van der Waals surface area contributed by atoms with Gasteiger partial charge in [-0.15, -0.1) is 0 Å². The summed E-state index contributed by atoms with van der Waals surface area (Å²) in [5.74, 6) is 1.54. The van der Waals surface area contributed by atoms with Crippen LogP contribution in [0.15, 0.2) is 12.1 Å². The van der Waals surface area contributed by atoms with Crippen LogP contribution >= 0.6 is 0 Å². The number of ether oxygens (including phenoxy) is 2. The van der Waals surface area contributed by atoms with Gasteiger partial charge in [0.05, 0.1) is 20.8 Å². The zero-order chi connectivity index (χ0) is 13.0. The van der Waals surface area contributed by atoms with Crippen molar-refractivity contribution in [1.29, 1.82) is 0 Å². The maximum atomic E-state index is 6.90. The quantitative estimate of drug-likeness (QED) is 0.763. The molecule has 1 aliphatic heterocycles. The second-order valence-electron chi connectivity index (χ2n) is 4.31. The molecule has 96 valence electrons. The largest absolute Gasteiger partial charge is 0.493 e. The van der Waals surface area contributed by atoms with Crippen molar-refractivity contribution < 1.29 is 9.47 Å². The van der Waals surface area contributed by atoms with Crippen LogP contribution in [0.3, 0.4) is 0 Å². The van der Waals surface area contributed by atoms with Gasteiger partial charge in [0.15, 0.2) is 11.5 Å². The van der Waals surface area contributed by atoms with Gasteiger partial charge in [0, 0.05) is 18.3 Å². The van der Waals surface area contributed by atoms with Crippen LogP contribution < -0.4 is 14.4 Å². The van der Waals surface area contributed by atoms with Crippen LogP contribution in [-0.2, 0) is 6.42 Å². The Hall–Kier alpha value is -1.89. The Morgan fingerprint density at radius 3 is 2.67 bits per heavy atom. The average Bonchev–Trinajstić information content (AvgIpc) is 2.43. The predicted molar refractivity (Wildman–Crippen MR) is 71.5 cm³/mol. The van der Waals surface area contributed by atoms with Crippen LogP contribution in [-0.4, -0.2) is 33.9 Å². The molecule has 0 aliphatic carbocycles. The molecule has 4 nitrogen and oxygen atoms in total. The summed E-state index contributed by atoms with van der Waals surface area (Å²) in [6.07, 6.45) is 2.19. The molecule has 0 aromatic heterocycles. The first kappa shape index (κ1) is 12.6. The molecule has 0 spiro atoms.